The lowest BCUT2D eigenvalue weighted by molar-refractivity contribution is -0.113. The standard InChI is InChI=1S/C10H11ClN2O3/c1-12-7-3-2-6(10(15)16)4-8(7)13-9(14)5-11/h2-4,12H,5H2,1H3,(H,13,14)(H,15,16). The number of hydrogen-bond acceptors (Lipinski definition) is 3. The van der Waals surface area contributed by atoms with Crippen LogP contribution in [0.4, 0.5) is 11.4 Å². The minimum Gasteiger partial charge on any atom is -0.478 e. The van der Waals surface area contributed by atoms with Crippen molar-refractivity contribution in [3.05, 3.63) is 23.8 Å². The van der Waals surface area contributed by atoms with Gasteiger partial charge in [0.05, 0.1) is 16.9 Å². The molecule has 0 aliphatic rings. The molecule has 1 aromatic carbocycles. The maximum atomic E-state index is 11.1. The normalized spacial score (nSPS) is 9.62. The van der Waals surface area contributed by atoms with Crippen molar-refractivity contribution in [2.75, 3.05) is 23.6 Å². The molecular formula is C10H11ClN2O3. The number of carbonyl (C=O) groups excluding carboxylic acids is 1. The number of nitrogens with one attached hydrogen (secondary N) is 2. The van der Waals surface area contributed by atoms with E-state index in [9.17, 15) is 9.59 Å². The lowest BCUT2D eigenvalue weighted by Gasteiger charge is -2.10. The Hall–Kier alpha value is -1.75. The number of anilines is 2. The molecule has 1 amide bonds. The van der Waals surface area contributed by atoms with E-state index in [-0.39, 0.29) is 17.4 Å². The molecule has 0 unspecified atom stereocenters. The van der Waals surface area contributed by atoms with Gasteiger partial charge in [-0.15, -0.1) is 11.6 Å². The molecule has 86 valence electrons. The average Bonchev–Trinajstić information content (AvgIpc) is 2.28. The predicted octanol–water partition coefficient (Wildman–Crippen LogP) is 1.60. The summed E-state index contributed by atoms with van der Waals surface area (Å²) in [5.74, 6) is -1.62. The van der Waals surface area contributed by atoms with E-state index in [1.165, 1.54) is 12.1 Å². The van der Waals surface area contributed by atoms with E-state index < -0.39 is 5.97 Å². The van der Waals surface area contributed by atoms with Crippen LogP contribution < -0.4 is 10.6 Å². The first-order chi connectivity index (χ1) is 7.58. The van der Waals surface area contributed by atoms with E-state index in [0.29, 0.717) is 11.4 Å². The summed E-state index contributed by atoms with van der Waals surface area (Å²) in [6, 6.07) is 4.40. The van der Waals surface area contributed by atoms with Crippen LogP contribution >= 0.6 is 11.6 Å². The maximum absolute atomic E-state index is 11.1. The number of hydrogen-bond donors (Lipinski definition) is 3. The van der Waals surface area contributed by atoms with E-state index in [0.717, 1.165) is 0 Å². The zero-order chi connectivity index (χ0) is 12.1. The fraction of sp³-hybridized carbons (Fsp3) is 0.200. The molecule has 0 aliphatic heterocycles. The quantitative estimate of drug-likeness (QED) is 0.701. The van der Waals surface area contributed by atoms with E-state index in [1.54, 1.807) is 13.1 Å². The molecule has 0 aliphatic carbocycles. The van der Waals surface area contributed by atoms with Crippen LogP contribution in [0.25, 0.3) is 0 Å². The van der Waals surface area contributed by atoms with Gasteiger partial charge in [-0.25, -0.2) is 4.79 Å². The molecule has 1 rings (SSSR count). The lowest BCUT2D eigenvalue weighted by Crippen LogP contribution is -2.14. The summed E-state index contributed by atoms with van der Waals surface area (Å²) in [6.45, 7) is 0. The SMILES string of the molecule is CNc1ccc(C(=O)O)cc1NC(=O)CCl. The van der Waals surface area contributed by atoms with Gasteiger partial charge < -0.3 is 15.7 Å². The first kappa shape index (κ1) is 12.3. The smallest absolute Gasteiger partial charge is 0.335 e. The van der Waals surface area contributed by atoms with Crippen LogP contribution in [-0.2, 0) is 4.79 Å². The van der Waals surface area contributed by atoms with E-state index in [4.69, 9.17) is 16.7 Å². The Bertz CT molecular complexity index is 421. The summed E-state index contributed by atoms with van der Waals surface area (Å²) >= 11 is 5.35. The second-order valence-electron chi connectivity index (χ2n) is 3.00. The number of carboxylic acids is 1. The molecule has 0 atom stereocenters. The van der Waals surface area contributed by atoms with Crippen molar-refractivity contribution in [3.63, 3.8) is 0 Å². The third-order valence-electron chi connectivity index (χ3n) is 1.93. The van der Waals surface area contributed by atoms with Crippen molar-refractivity contribution < 1.29 is 14.7 Å². The second-order valence-corrected chi connectivity index (χ2v) is 3.26. The van der Waals surface area contributed by atoms with Gasteiger partial charge in [0, 0.05) is 7.05 Å². The van der Waals surface area contributed by atoms with Gasteiger partial charge >= 0.3 is 5.97 Å². The molecule has 0 saturated heterocycles. The number of carbonyl (C=O) groups is 2. The fourth-order valence-corrected chi connectivity index (χ4v) is 1.25. The third kappa shape index (κ3) is 2.87. The molecule has 0 radical (unpaired) electrons. The van der Waals surface area contributed by atoms with Gasteiger partial charge in [-0.05, 0) is 18.2 Å². The number of halogens is 1. The average molecular weight is 243 g/mol. The zero-order valence-electron chi connectivity index (χ0n) is 8.58. The minimum atomic E-state index is -1.05. The molecule has 1 aromatic rings. The first-order valence-electron chi connectivity index (χ1n) is 4.49. The fourth-order valence-electron chi connectivity index (χ4n) is 1.18. The monoisotopic (exact) mass is 242 g/mol. The van der Waals surface area contributed by atoms with Crippen LogP contribution in [0.3, 0.4) is 0 Å². The van der Waals surface area contributed by atoms with Crippen molar-refractivity contribution in [2.24, 2.45) is 0 Å². The molecule has 5 nitrogen and oxygen atoms in total. The molecule has 0 saturated carbocycles. The molecule has 16 heavy (non-hydrogen) atoms. The Morgan fingerprint density at radius 3 is 2.56 bits per heavy atom. The molecule has 0 aromatic heterocycles. The second kappa shape index (κ2) is 5.37. The molecule has 0 heterocycles. The summed E-state index contributed by atoms with van der Waals surface area (Å²) < 4.78 is 0. The number of rotatable bonds is 4. The van der Waals surface area contributed by atoms with Crippen molar-refractivity contribution in [1.82, 2.24) is 0 Å². The maximum Gasteiger partial charge on any atom is 0.335 e. The molecule has 3 N–H and O–H groups in total. The third-order valence-corrected chi connectivity index (χ3v) is 2.17. The summed E-state index contributed by atoms with van der Waals surface area (Å²) in [5.41, 5.74) is 1.13. The Kier molecular flexibility index (Phi) is 4.13. The van der Waals surface area contributed by atoms with Crippen LogP contribution in [0.15, 0.2) is 18.2 Å². The van der Waals surface area contributed by atoms with Crippen molar-refractivity contribution in [1.29, 1.82) is 0 Å². The van der Waals surface area contributed by atoms with Gasteiger partial charge in [-0.2, -0.15) is 0 Å². The molecule has 6 heteroatoms. The highest BCUT2D eigenvalue weighted by atomic mass is 35.5. The summed E-state index contributed by atoms with van der Waals surface area (Å²) in [4.78, 5) is 21.9. The van der Waals surface area contributed by atoms with Gasteiger partial charge in [-0.1, -0.05) is 0 Å². The number of benzene rings is 1. The molecular weight excluding hydrogens is 232 g/mol. The number of carboxylic acid groups (broad SMARTS) is 1. The van der Waals surface area contributed by atoms with Crippen LogP contribution in [0.5, 0.6) is 0 Å². The highest BCUT2D eigenvalue weighted by Crippen LogP contribution is 2.22. The van der Waals surface area contributed by atoms with Crippen LogP contribution in [0.2, 0.25) is 0 Å². The van der Waals surface area contributed by atoms with Crippen molar-refractivity contribution in [2.45, 2.75) is 0 Å². The first-order valence-corrected chi connectivity index (χ1v) is 5.03. The minimum absolute atomic E-state index is 0.101. The van der Waals surface area contributed by atoms with Crippen LogP contribution in [0.1, 0.15) is 10.4 Å². The van der Waals surface area contributed by atoms with Gasteiger partial charge in [0.1, 0.15) is 5.88 Å². The topological polar surface area (TPSA) is 78.4 Å². The number of aromatic carboxylic acids is 1. The number of amides is 1. The van der Waals surface area contributed by atoms with E-state index in [1.807, 2.05) is 0 Å². The summed E-state index contributed by atoms with van der Waals surface area (Å²) in [5, 5.41) is 14.2. The Labute approximate surface area is 97.4 Å². The molecule has 0 fully saturated rings. The number of alkyl halides is 1. The highest BCUT2D eigenvalue weighted by molar-refractivity contribution is 6.29. The van der Waals surface area contributed by atoms with E-state index >= 15 is 0 Å². The van der Waals surface area contributed by atoms with Gasteiger partial charge in [0.15, 0.2) is 0 Å². The van der Waals surface area contributed by atoms with Gasteiger partial charge in [0.2, 0.25) is 5.91 Å². The van der Waals surface area contributed by atoms with Gasteiger partial charge in [0.25, 0.3) is 0 Å². The molecule has 0 spiro atoms. The van der Waals surface area contributed by atoms with Gasteiger partial charge in [-0.3, -0.25) is 4.79 Å². The largest absolute Gasteiger partial charge is 0.478 e. The summed E-state index contributed by atoms with van der Waals surface area (Å²) in [6.07, 6.45) is 0. The van der Waals surface area contributed by atoms with E-state index in [2.05, 4.69) is 10.6 Å². The Balaban J connectivity index is 3.06. The predicted molar refractivity (Wildman–Crippen MR) is 62.3 cm³/mol. The zero-order valence-corrected chi connectivity index (χ0v) is 9.34. The lowest BCUT2D eigenvalue weighted by atomic mass is 10.1. The van der Waals surface area contributed by atoms with Crippen molar-refractivity contribution in [3.8, 4) is 0 Å². The van der Waals surface area contributed by atoms with Crippen molar-refractivity contribution >= 4 is 34.9 Å². The summed E-state index contributed by atoms with van der Waals surface area (Å²) in [7, 11) is 1.67. The Morgan fingerprint density at radius 2 is 2.06 bits per heavy atom. The highest BCUT2D eigenvalue weighted by Gasteiger charge is 2.09. The van der Waals surface area contributed by atoms with Crippen LogP contribution in [-0.4, -0.2) is 29.9 Å². The Morgan fingerprint density at radius 1 is 1.38 bits per heavy atom. The van der Waals surface area contributed by atoms with Crippen LogP contribution in [0, 0.1) is 0 Å². The molecule has 0 bridgehead atoms.